The van der Waals surface area contributed by atoms with Gasteiger partial charge in [-0.05, 0) is 61.6 Å². The topological polar surface area (TPSA) is 62.3 Å². The lowest BCUT2D eigenvalue weighted by atomic mass is 10.0. The molecular weight excluding hydrogens is 334 g/mol. The molecule has 1 aliphatic heterocycles. The molecule has 0 spiro atoms. The third-order valence-corrected chi connectivity index (χ3v) is 7.31. The van der Waals surface area contributed by atoms with Crippen LogP contribution in [-0.2, 0) is 10.0 Å². The van der Waals surface area contributed by atoms with Crippen molar-refractivity contribution in [2.45, 2.75) is 38.6 Å². The van der Waals surface area contributed by atoms with Crippen molar-refractivity contribution in [2.75, 3.05) is 19.6 Å². The third-order valence-electron chi connectivity index (χ3n) is 5.13. The van der Waals surface area contributed by atoms with E-state index in [9.17, 15) is 8.42 Å². The molecule has 2 aromatic rings. The molecule has 1 aromatic carbocycles. The Balaban J connectivity index is 2.13. The van der Waals surface area contributed by atoms with Gasteiger partial charge in [0, 0.05) is 32.0 Å². The van der Waals surface area contributed by atoms with Crippen LogP contribution in [0, 0.1) is 27.7 Å². The van der Waals surface area contributed by atoms with Crippen LogP contribution in [-0.4, -0.2) is 37.3 Å². The zero-order chi connectivity index (χ0) is 18.2. The van der Waals surface area contributed by atoms with Gasteiger partial charge in [0.25, 0.3) is 0 Å². The number of nitrogens with zero attached hydrogens (tertiary/aromatic N) is 2. The molecule has 0 bridgehead atoms. The first-order valence-electron chi connectivity index (χ1n) is 8.54. The largest absolute Gasteiger partial charge is 0.313 e. The highest BCUT2D eigenvalue weighted by Gasteiger charge is 2.36. The summed E-state index contributed by atoms with van der Waals surface area (Å²) in [5.41, 5.74) is 4.61. The summed E-state index contributed by atoms with van der Waals surface area (Å²) in [6.45, 7) is 9.43. The minimum atomic E-state index is -3.60. The first kappa shape index (κ1) is 18.0. The number of rotatable bonds is 3. The van der Waals surface area contributed by atoms with Crippen LogP contribution in [0.15, 0.2) is 35.5 Å². The van der Waals surface area contributed by atoms with Gasteiger partial charge in [-0.25, -0.2) is 8.42 Å². The molecule has 1 aliphatic rings. The van der Waals surface area contributed by atoms with E-state index in [0.29, 0.717) is 24.5 Å². The summed E-state index contributed by atoms with van der Waals surface area (Å²) in [4.78, 5) is 4.62. The highest BCUT2D eigenvalue weighted by Crippen LogP contribution is 2.33. The maximum Gasteiger partial charge on any atom is 0.244 e. The van der Waals surface area contributed by atoms with E-state index in [4.69, 9.17) is 0 Å². The molecule has 5 nitrogen and oxygen atoms in total. The lowest BCUT2D eigenvalue weighted by molar-refractivity contribution is 0.271. The Kier molecular flexibility index (Phi) is 4.95. The van der Waals surface area contributed by atoms with E-state index in [2.05, 4.69) is 16.4 Å². The number of piperazine rings is 1. The smallest absolute Gasteiger partial charge is 0.244 e. The van der Waals surface area contributed by atoms with E-state index in [1.54, 1.807) is 16.7 Å². The molecule has 134 valence electrons. The molecule has 25 heavy (non-hydrogen) atoms. The Labute approximate surface area is 150 Å². The summed E-state index contributed by atoms with van der Waals surface area (Å²) in [6.07, 6.45) is 3.46. The maximum atomic E-state index is 13.6. The summed E-state index contributed by atoms with van der Waals surface area (Å²) < 4.78 is 28.8. The van der Waals surface area contributed by atoms with Crippen molar-refractivity contribution in [1.29, 1.82) is 0 Å². The Bertz CT molecular complexity index is 853. The standard InChI is InChI=1S/C19H25N3O2S/c1-13-10-14(2)16(4)19(15(13)3)25(23,24)22-9-8-21-12-18(22)17-6-5-7-20-11-17/h5-7,10-11,18,21H,8-9,12H2,1-4H3. The summed E-state index contributed by atoms with van der Waals surface area (Å²) in [6, 6.07) is 5.60. The number of hydrogen-bond donors (Lipinski definition) is 1. The van der Waals surface area contributed by atoms with Crippen LogP contribution in [0.2, 0.25) is 0 Å². The maximum absolute atomic E-state index is 13.6. The molecular formula is C19H25N3O2S. The number of nitrogens with one attached hydrogen (secondary N) is 1. The monoisotopic (exact) mass is 359 g/mol. The molecule has 1 fully saturated rings. The van der Waals surface area contributed by atoms with Gasteiger partial charge in [-0.2, -0.15) is 4.31 Å². The van der Waals surface area contributed by atoms with Gasteiger partial charge in [0.05, 0.1) is 10.9 Å². The zero-order valence-corrected chi connectivity index (χ0v) is 16.0. The van der Waals surface area contributed by atoms with Crippen LogP contribution in [0.3, 0.4) is 0 Å². The van der Waals surface area contributed by atoms with E-state index < -0.39 is 10.0 Å². The summed E-state index contributed by atoms with van der Waals surface area (Å²) in [5.74, 6) is 0. The second-order valence-electron chi connectivity index (χ2n) is 6.71. The van der Waals surface area contributed by atoms with Crippen LogP contribution in [0.25, 0.3) is 0 Å². The molecule has 1 aromatic heterocycles. The van der Waals surface area contributed by atoms with Gasteiger partial charge in [-0.15, -0.1) is 0 Å². The lowest BCUT2D eigenvalue weighted by Gasteiger charge is -2.36. The number of benzene rings is 1. The van der Waals surface area contributed by atoms with Crippen molar-refractivity contribution in [3.8, 4) is 0 Å². The van der Waals surface area contributed by atoms with Gasteiger partial charge >= 0.3 is 0 Å². The van der Waals surface area contributed by atoms with Gasteiger partial charge in [0.15, 0.2) is 0 Å². The molecule has 0 saturated carbocycles. The first-order valence-corrected chi connectivity index (χ1v) is 9.98. The quantitative estimate of drug-likeness (QED) is 0.915. The van der Waals surface area contributed by atoms with Crippen molar-refractivity contribution in [1.82, 2.24) is 14.6 Å². The highest BCUT2D eigenvalue weighted by atomic mass is 32.2. The third kappa shape index (κ3) is 3.21. The first-order chi connectivity index (χ1) is 11.8. The minimum Gasteiger partial charge on any atom is -0.313 e. The Morgan fingerprint density at radius 1 is 1.16 bits per heavy atom. The normalized spacial score (nSPS) is 19.1. The molecule has 1 atom stereocenters. The summed E-state index contributed by atoms with van der Waals surface area (Å²) in [5, 5.41) is 3.30. The number of aromatic nitrogens is 1. The average molecular weight is 359 g/mol. The SMILES string of the molecule is Cc1cc(C)c(C)c(S(=O)(=O)N2CCNCC2c2cccnc2)c1C. The van der Waals surface area contributed by atoms with Gasteiger partial charge in [0.1, 0.15) is 0 Å². The van der Waals surface area contributed by atoms with Gasteiger partial charge in [-0.3, -0.25) is 4.98 Å². The lowest BCUT2D eigenvalue weighted by Crippen LogP contribution is -2.48. The molecule has 3 rings (SSSR count). The Morgan fingerprint density at radius 3 is 2.44 bits per heavy atom. The van der Waals surface area contributed by atoms with E-state index >= 15 is 0 Å². The van der Waals surface area contributed by atoms with Gasteiger partial charge < -0.3 is 5.32 Å². The van der Waals surface area contributed by atoms with E-state index in [-0.39, 0.29) is 6.04 Å². The zero-order valence-electron chi connectivity index (χ0n) is 15.2. The predicted octanol–water partition coefficient (Wildman–Crippen LogP) is 2.65. The number of pyridine rings is 1. The molecule has 1 saturated heterocycles. The predicted molar refractivity (Wildman–Crippen MR) is 99.1 cm³/mol. The summed E-state index contributed by atoms with van der Waals surface area (Å²) >= 11 is 0. The van der Waals surface area contributed by atoms with Gasteiger partial charge in [-0.1, -0.05) is 12.1 Å². The average Bonchev–Trinajstić information content (AvgIpc) is 2.61. The second-order valence-corrected chi connectivity index (χ2v) is 8.54. The molecule has 0 amide bonds. The van der Waals surface area contributed by atoms with Crippen LogP contribution in [0.1, 0.15) is 33.9 Å². The fraction of sp³-hybridized carbons (Fsp3) is 0.421. The molecule has 1 N–H and O–H groups in total. The van der Waals surface area contributed by atoms with E-state index in [1.165, 1.54) is 0 Å². The minimum absolute atomic E-state index is 0.243. The van der Waals surface area contributed by atoms with Crippen molar-refractivity contribution < 1.29 is 8.42 Å². The second kappa shape index (κ2) is 6.86. The van der Waals surface area contributed by atoms with Crippen molar-refractivity contribution in [2.24, 2.45) is 0 Å². The number of hydrogen-bond acceptors (Lipinski definition) is 4. The molecule has 2 heterocycles. The molecule has 1 unspecified atom stereocenters. The Hall–Kier alpha value is -1.76. The molecule has 0 radical (unpaired) electrons. The highest BCUT2D eigenvalue weighted by molar-refractivity contribution is 7.89. The fourth-order valence-electron chi connectivity index (χ4n) is 3.52. The number of aryl methyl sites for hydroxylation is 2. The van der Waals surface area contributed by atoms with Crippen molar-refractivity contribution in [3.63, 3.8) is 0 Å². The molecule has 0 aliphatic carbocycles. The van der Waals surface area contributed by atoms with E-state index in [1.807, 2.05) is 39.8 Å². The number of sulfonamides is 1. The van der Waals surface area contributed by atoms with E-state index in [0.717, 1.165) is 27.8 Å². The molecule has 6 heteroatoms. The van der Waals surface area contributed by atoms with Crippen LogP contribution in [0.5, 0.6) is 0 Å². The van der Waals surface area contributed by atoms with Crippen LogP contribution < -0.4 is 5.32 Å². The van der Waals surface area contributed by atoms with Crippen LogP contribution in [0.4, 0.5) is 0 Å². The van der Waals surface area contributed by atoms with Gasteiger partial charge in [0.2, 0.25) is 10.0 Å². The van der Waals surface area contributed by atoms with Crippen molar-refractivity contribution in [3.05, 3.63) is 58.4 Å². The summed E-state index contributed by atoms with van der Waals surface area (Å²) in [7, 11) is -3.60. The van der Waals surface area contributed by atoms with Crippen molar-refractivity contribution >= 4 is 10.0 Å². The van der Waals surface area contributed by atoms with Crippen LogP contribution >= 0.6 is 0 Å². The Morgan fingerprint density at radius 2 is 1.84 bits per heavy atom. The fourth-order valence-corrected chi connectivity index (χ4v) is 5.71.